The largest absolute Gasteiger partial charge is 0.375 e. The van der Waals surface area contributed by atoms with E-state index in [-0.39, 0.29) is 30.5 Å². The quantitative estimate of drug-likeness (QED) is 0.771. The fraction of sp³-hybridized carbons (Fsp3) is 0.900. The molecule has 1 rings (SSSR count). The summed E-state index contributed by atoms with van der Waals surface area (Å²) in [6.07, 6.45) is 1.05. The fourth-order valence-corrected chi connectivity index (χ4v) is 1.71. The number of amides is 1. The van der Waals surface area contributed by atoms with Crippen LogP contribution in [0.3, 0.4) is 0 Å². The number of hydrogen-bond acceptors (Lipinski definition) is 3. The maximum absolute atomic E-state index is 11.8. The van der Waals surface area contributed by atoms with Crippen molar-refractivity contribution < 1.29 is 9.53 Å². The molecule has 2 unspecified atom stereocenters. The Kier molecular flexibility index (Phi) is 6.17. The first-order chi connectivity index (χ1) is 6.56. The Morgan fingerprint density at radius 3 is 2.73 bits per heavy atom. The first kappa shape index (κ1) is 14.7. The van der Waals surface area contributed by atoms with Gasteiger partial charge in [-0.2, -0.15) is 0 Å². The lowest BCUT2D eigenvalue weighted by Crippen LogP contribution is -2.55. The van der Waals surface area contributed by atoms with Crippen LogP contribution in [-0.2, 0) is 9.53 Å². The molecule has 0 bridgehead atoms. The average molecular weight is 237 g/mol. The number of nitrogens with zero attached hydrogens (tertiary/aromatic N) is 1. The molecule has 0 saturated carbocycles. The molecule has 0 aromatic rings. The standard InChI is InChI=1S/C10H20N2O2.ClH/c1-4-9-6-14-7(2)5-12(9)10(13)8(3)11;/h7-9H,4-6,11H2,1-3H3;1H/t7?,8-,9?;/m0./s1. The Bertz CT molecular complexity index is 212. The predicted molar refractivity (Wildman–Crippen MR) is 62.1 cm³/mol. The molecule has 5 heteroatoms. The summed E-state index contributed by atoms with van der Waals surface area (Å²) >= 11 is 0. The molecule has 2 N–H and O–H groups in total. The second-order valence-corrected chi connectivity index (χ2v) is 3.99. The summed E-state index contributed by atoms with van der Waals surface area (Å²) in [4.78, 5) is 13.6. The minimum absolute atomic E-state index is 0. The SMILES string of the molecule is CCC1COC(C)CN1C(=O)[C@H](C)N.Cl. The summed E-state index contributed by atoms with van der Waals surface area (Å²) in [5, 5.41) is 0. The first-order valence-corrected chi connectivity index (χ1v) is 5.24. The van der Waals surface area contributed by atoms with Crippen molar-refractivity contribution in [3.63, 3.8) is 0 Å². The molecule has 1 amide bonds. The average Bonchev–Trinajstić information content (AvgIpc) is 2.16. The van der Waals surface area contributed by atoms with E-state index in [1.165, 1.54) is 0 Å². The molecule has 1 aliphatic heterocycles. The van der Waals surface area contributed by atoms with E-state index >= 15 is 0 Å². The van der Waals surface area contributed by atoms with Crippen molar-refractivity contribution in [1.82, 2.24) is 4.90 Å². The molecule has 0 aromatic carbocycles. The van der Waals surface area contributed by atoms with E-state index in [0.29, 0.717) is 13.2 Å². The van der Waals surface area contributed by atoms with Gasteiger partial charge < -0.3 is 15.4 Å². The highest BCUT2D eigenvalue weighted by atomic mass is 35.5. The number of hydrogen-bond donors (Lipinski definition) is 1. The number of carbonyl (C=O) groups is 1. The van der Waals surface area contributed by atoms with Gasteiger partial charge in [0.1, 0.15) is 0 Å². The monoisotopic (exact) mass is 236 g/mol. The zero-order valence-corrected chi connectivity index (χ0v) is 10.4. The van der Waals surface area contributed by atoms with Gasteiger partial charge in [-0.05, 0) is 20.3 Å². The third-order valence-electron chi connectivity index (χ3n) is 2.61. The maximum atomic E-state index is 11.8. The van der Waals surface area contributed by atoms with E-state index in [4.69, 9.17) is 10.5 Å². The third-order valence-corrected chi connectivity index (χ3v) is 2.61. The van der Waals surface area contributed by atoms with Crippen LogP contribution >= 0.6 is 12.4 Å². The molecule has 0 aliphatic carbocycles. The molecule has 15 heavy (non-hydrogen) atoms. The second kappa shape index (κ2) is 6.30. The highest BCUT2D eigenvalue weighted by molar-refractivity contribution is 5.85. The van der Waals surface area contributed by atoms with Crippen molar-refractivity contribution in [2.75, 3.05) is 13.2 Å². The number of nitrogens with two attached hydrogens (primary N) is 1. The summed E-state index contributed by atoms with van der Waals surface area (Å²) in [6.45, 7) is 7.07. The number of halogens is 1. The van der Waals surface area contributed by atoms with Crippen molar-refractivity contribution in [2.24, 2.45) is 5.73 Å². The van der Waals surface area contributed by atoms with Gasteiger partial charge in [-0.25, -0.2) is 0 Å². The number of carbonyl (C=O) groups excluding carboxylic acids is 1. The molecule has 4 nitrogen and oxygen atoms in total. The number of rotatable bonds is 2. The number of ether oxygens (including phenoxy) is 1. The Morgan fingerprint density at radius 1 is 1.67 bits per heavy atom. The zero-order chi connectivity index (χ0) is 10.7. The van der Waals surface area contributed by atoms with Crippen LogP contribution in [0, 0.1) is 0 Å². The van der Waals surface area contributed by atoms with Crippen LogP contribution in [0.25, 0.3) is 0 Å². The van der Waals surface area contributed by atoms with Crippen molar-refractivity contribution in [1.29, 1.82) is 0 Å². The lowest BCUT2D eigenvalue weighted by atomic mass is 10.1. The van der Waals surface area contributed by atoms with Gasteiger partial charge in [0.25, 0.3) is 0 Å². The second-order valence-electron chi connectivity index (χ2n) is 3.99. The predicted octanol–water partition coefficient (Wildman–Crippen LogP) is 0.781. The summed E-state index contributed by atoms with van der Waals surface area (Å²) in [6, 6.07) is -0.209. The molecule has 3 atom stereocenters. The van der Waals surface area contributed by atoms with E-state index in [1.54, 1.807) is 6.92 Å². The van der Waals surface area contributed by atoms with E-state index in [0.717, 1.165) is 6.42 Å². The normalized spacial score (nSPS) is 28.1. The van der Waals surface area contributed by atoms with Crippen LogP contribution in [0.1, 0.15) is 27.2 Å². The molecule has 90 valence electrons. The smallest absolute Gasteiger partial charge is 0.239 e. The molecule has 0 radical (unpaired) electrons. The van der Waals surface area contributed by atoms with Crippen molar-refractivity contribution in [3.8, 4) is 0 Å². The van der Waals surface area contributed by atoms with Crippen LogP contribution in [0.2, 0.25) is 0 Å². The summed E-state index contributed by atoms with van der Waals surface area (Å²) in [7, 11) is 0. The van der Waals surface area contributed by atoms with E-state index in [2.05, 4.69) is 6.92 Å². The highest BCUT2D eigenvalue weighted by Gasteiger charge is 2.30. The maximum Gasteiger partial charge on any atom is 0.239 e. The zero-order valence-electron chi connectivity index (χ0n) is 9.60. The minimum atomic E-state index is -0.408. The fourth-order valence-electron chi connectivity index (χ4n) is 1.71. The molecule has 0 spiro atoms. The van der Waals surface area contributed by atoms with Gasteiger partial charge >= 0.3 is 0 Å². The van der Waals surface area contributed by atoms with Crippen LogP contribution < -0.4 is 5.73 Å². The minimum Gasteiger partial charge on any atom is -0.375 e. The molecular weight excluding hydrogens is 216 g/mol. The summed E-state index contributed by atoms with van der Waals surface area (Å²) in [5.74, 6) is 0.0343. The molecule has 1 saturated heterocycles. The summed E-state index contributed by atoms with van der Waals surface area (Å²) < 4.78 is 5.51. The Hall–Kier alpha value is -0.320. The van der Waals surface area contributed by atoms with Crippen LogP contribution in [0.15, 0.2) is 0 Å². The van der Waals surface area contributed by atoms with Gasteiger partial charge in [-0.15, -0.1) is 12.4 Å². The van der Waals surface area contributed by atoms with Crippen molar-refractivity contribution >= 4 is 18.3 Å². The van der Waals surface area contributed by atoms with Crippen LogP contribution in [0.5, 0.6) is 0 Å². The Morgan fingerprint density at radius 2 is 2.27 bits per heavy atom. The topological polar surface area (TPSA) is 55.6 Å². The Balaban J connectivity index is 0.00000196. The van der Waals surface area contributed by atoms with E-state index in [9.17, 15) is 4.79 Å². The van der Waals surface area contributed by atoms with Gasteiger partial charge in [0.2, 0.25) is 5.91 Å². The summed E-state index contributed by atoms with van der Waals surface area (Å²) in [5.41, 5.74) is 5.60. The van der Waals surface area contributed by atoms with Gasteiger partial charge in [0.15, 0.2) is 0 Å². The van der Waals surface area contributed by atoms with Crippen LogP contribution in [0.4, 0.5) is 0 Å². The van der Waals surface area contributed by atoms with E-state index in [1.807, 2.05) is 11.8 Å². The van der Waals surface area contributed by atoms with Crippen LogP contribution in [-0.4, -0.2) is 42.1 Å². The molecule has 1 fully saturated rings. The molecule has 1 aliphatic rings. The van der Waals surface area contributed by atoms with Crippen molar-refractivity contribution in [2.45, 2.75) is 45.4 Å². The molecular formula is C10H21ClN2O2. The van der Waals surface area contributed by atoms with Gasteiger partial charge in [-0.1, -0.05) is 6.92 Å². The van der Waals surface area contributed by atoms with Gasteiger partial charge in [0, 0.05) is 6.54 Å². The van der Waals surface area contributed by atoms with Crippen molar-refractivity contribution in [3.05, 3.63) is 0 Å². The lowest BCUT2D eigenvalue weighted by molar-refractivity contribution is -0.145. The third kappa shape index (κ3) is 3.63. The number of morpholine rings is 1. The first-order valence-electron chi connectivity index (χ1n) is 5.24. The van der Waals surface area contributed by atoms with Gasteiger partial charge in [0.05, 0.1) is 24.8 Å². The van der Waals surface area contributed by atoms with E-state index < -0.39 is 6.04 Å². The Labute approximate surface area is 97.5 Å². The molecule has 0 aromatic heterocycles. The molecule has 1 heterocycles. The van der Waals surface area contributed by atoms with Gasteiger partial charge in [-0.3, -0.25) is 4.79 Å². The highest BCUT2D eigenvalue weighted by Crippen LogP contribution is 2.15. The lowest BCUT2D eigenvalue weighted by Gasteiger charge is -2.39.